The molecule has 0 aliphatic carbocycles. The predicted octanol–water partition coefficient (Wildman–Crippen LogP) is 1.43. The number of hydrogen-bond acceptors (Lipinski definition) is 4. The van der Waals surface area contributed by atoms with Crippen molar-refractivity contribution in [2.24, 2.45) is 0 Å². The first-order valence-electron chi connectivity index (χ1n) is 6.60. The minimum absolute atomic E-state index is 0.0501. The molecule has 0 spiro atoms. The monoisotopic (exact) mass is 262 g/mol. The molecule has 1 unspecified atom stereocenters. The number of ether oxygens (including phenoxy) is 1. The SMILES string of the molecule is COc1ccc(C(=O)C2CN(C)CCN2C)c(C)c1. The molecule has 1 heterocycles. The van der Waals surface area contributed by atoms with Crippen LogP contribution in [0.3, 0.4) is 0 Å². The summed E-state index contributed by atoms with van der Waals surface area (Å²) in [5.74, 6) is 0.998. The molecule has 19 heavy (non-hydrogen) atoms. The first-order chi connectivity index (χ1) is 9.02. The third-order valence-corrected chi connectivity index (χ3v) is 3.85. The Bertz CT molecular complexity index is 473. The maximum Gasteiger partial charge on any atom is 0.181 e. The fourth-order valence-corrected chi connectivity index (χ4v) is 2.51. The van der Waals surface area contributed by atoms with Crippen LogP contribution in [0.4, 0.5) is 0 Å². The number of nitrogens with zero attached hydrogens (tertiary/aromatic N) is 2. The van der Waals surface area contributed by atoms with Gasteiger partial charge in [-0.1, -0.05) is 0 Å². The van der Waals surface area contributed by atoms with Gasteiger partial charge in [0.15, 0.2) is 5.78 Å². The molecule has 4 heteroatoms. The summed E-state index contributed by atoms with van der Waals surface area (Å²) in [5.41, 5.74) is 1.78. The number of hydrogen-bond donors (Lipinski definition) is 0. The lowest BCUT2D eigenvalue weighted by atomic mass is 9.97. The normalized spacial score (nSPS) is 21.4. The molecule has 1 aromatic rings. The van der Waals surface area contributed by atoms with Crippen LogP contribution in [0.1, 0.15) is 15.9 Å². The number of methoxy groups -OCH3 is 1. The highest BCUT2D eigenvalue weighted by Crippen LogP contribution is 2.20. The Hall–Kier alpha value is -1.39. The Balaban J connectivity index is 2.23. The summed E-state index contributed by atoms with van der Waals surface area (Å²) < 4.78 is 5.18. The molecule has 1 saturated heterocycles. The number of piperazine rings is 1. The first-order valence-corrected chi connectivity index (χ1v) is 6.60. The van der Waals surface area contributed by atoms with Crippen LogP contribution >= 0.6 is 0 Å². The molecule has 1 fully saturated rings. The van der Waals surface area contributed by atoms with E-state index in [2.05, 4.69) is 16.8 Å². The van der Waals surface area contributed by atoms with Crippen LogP contribution in [-0.2, 0) is 0 Å². The van der Waals surface area contributed by atoms with Crippen LogP contribution in [0.15, 0.2) is 18.2 Å². The van der Waals surface area contributed by atoms with E-state index < -0.39 is 0 Å². The van der Waals surface area contributed by atoms with E-state index in [0.29, 0.717) is 0 Å². The smallest absolute Gasteiger partial charge is 0.181 e. The van der Waals surface area contributed by atoms with Gasteiger partial charge < -0.3 is 9.64 Å². The van der Waals surface area contributed by atoms with Crippen molar-refractivity contribution in [3.63, 3.8) is 0 Å². The van der Waals surface area contributed by atoms with E-state index in [1.165, 1.54) is 0 Å². The third-order valence-electron chi connectivity index (χ3n) is 3.85. The Morgan fingerprint density at radius 3 is 2.68 bits per heavy atom. The Morgan fingerprint density at radius 1 is 1.32 bits per heavy atom. The van der Waals surface area contributed by atoms with Crippen LogP contribution in [0.5, 0.6) is 5.75 Å². The molecule has 1 aromatic carbocycles. The van der Waals surface area contributed by atoms with Gasteiger partial charge in [0.1, 0.15) is 5.75 Å². The zero-order valence-corrected chi connectivity index (χ0v) is 12.1. The van der Waals surface area contributed by atoms with Crippen molar-refractivity contribution in [2.45, 2.75) is 13.0 Å². The highest BCUT2D eigenvalue weighted by atomic mass is 16.5. The van der Waals surface area contributed by atoms with Crippen LogP contribution in [0, 0.1) is 6.92 Å². The summed E-state index contributed by atoms with van der Waals surface area (Å²) in [6.45, 7) is 4.70. The number of benzene rings is 1. The minimum atomic E-state index is -0.0501. The van der Waals surface area contributed by atoms with Gasteiger partial charge in [-0.15, -0.1) is 0 Å². The van der Waals surface area contributed by atoms with Gasteiger partial charge in [-0.2, -0.15) is 0 Å². The molecule has 1 atom stereocenters. The van der Waals surface area contributed by atoms with Crippen molar-refractivity contribution < 1.29 is 9.53 Å². The quantitative estimate of drug-likeness (QED) is 0.772. The highest BCUT2D eigenvalue weighted by Gasteiger charge is 2.29. The molecular formula is C15H22N2O2. The molecule has 2 rings (SSSR count). The molecule has 4 nitrogen and oxygen atoms in total. The van der Waals surface area contributed by atoms with E-state index >= 15 is 0 Å². The van der Waals surface area contributed by atoms with Crippen LogP contribution in [0.2, 0.25) is 0 Å². The largest absolute Gasteiger partial charge is 0.497 e. The molecule has 0 aromatic heterocycles. The molecule has 1 aliphatic rings. The predicted molar refractivity (Wildman–Crippen MR) is 76.0 cm³/mol. The zero-order valence-electron chi connectivity index (χ0n) is 12.1. The summed E-state index contributed by atoms with van der Waals surface area (Å²) >= 11 is 0. The third kappa shape index (κ3) is 2.96. The molecule has 0 saturated carbocycles. The van der Waals surface area contributed by atoms with Gasteiger partial charge in [0, 0.05) is 25.2 Å². The number of rotatable bonds is 3. The van der Waals surface area contributed by atoms with Crippen molar-refractivity contribution in [3.8, 4) is 5.75 Å². The second-order valence-corrected chi connectivity index (χ2v) is 5.30. The van der Waals surface area contributed by atoms with Gasteiger partial charge in [0.2, 0.25) is 0 Å². The summed E-state index contributed by atoms with van der Waals surface area (Å²) in [7, 11) is 5.72. The number of carbonyl (C=O) groups excluding carboxylic acids is 1. The average Bonchev–Trinajstić information content (AvgIpc) is 2.40. The summed E-state index contributed by atoms with van der Waals surface area (Å²) in [4.78, 5) is 17.0. The van der Waals surface area contributed by atoms with Crippen molar-refractivity contribution in [2.75, 3.05) is 40.8 Å². The van der Waals surface area contributed by atoms with Gasteiger partial charge in [-0.3, -0.25) is 9.69 Å². The molecular weight excluding hydrogens is 240 g/mol. The average molecular weight is 262 g/mol. The summed E-state index contributed by atoms with van der Waals surface area (Å²) in [6, 6.07) is 5.59. The van der Waals surface area contributed by atoms with Crippen molar-refractivity contribution in [1.82, 2.24) is 9.80 Å². The van der Waals surface area contributed by atoms with E-state index in [1.807, 2.05) is 32.2 Å². The number of aryl methyl sites for hydroxylation is 1. The van der Waals surface area contributed by atoms with Crippen LogP contribution in [-0.4, -0.2) is 62.5 Å². The second-order valence-electron chi connectivity index (χ2n) is 5.30. The number of ketones is 1. The van der Waals surface area contributed by atoms with E-state index in [0.717, 1.165) is 36.5 Å². The van der Waals surface area contributed by atoms with Crippen molar-refractivity contribution in [1.29, 1.82) is 0 Å². The van der Waals surface area contributed by atoms with Gasteiger partial charge in [0.25, 0.3) is 0 Å². The minimum Gasteiger partial charge on any atom is -0.497 e. The van der Waals surface area contributed by atoms with Crippen molar-refractivity contribution in [3.05, 3.63) is 29.3 Å². The lowest BCUT2D eigenvalue weighted by molar-refractivity contribution is 0.0685. The fraction of sp³-hybridized carbons (Fsp3) is 0.533. The standard InChI is InChI=1S/C15H22N2O2/c1-11-9-12(19-4)5-6-13(11)15(18)14-10-16(2)7-8-17(14)3/h5-6,9,14H,7-8,10H2,1-4H3. The lowest BCUT2D eigenvalue weighted by Gasteiger charge is -2.36. The van der Waals surface area contributed by atoms with E-state index in [4.69, 9.17) is 4.74 Å². The zero-order chi connectivity index (χ0) is 14.0. The van der Waals surface area contributed by atoms with Gasteiger partial charge in [0.05, 0.1) is 13.2 Å². The second kappa shape index (κ2) is 5.72. The summed E-state index contributed by atoms with van der Waals surface area (Å²) in [6.07, 6.45) is 0. The first kappa shape index (κ1) is 14.0. The fourth-order valence-electron chi connectivity index (χ4n) is 2.51. The van der Waals surface area contributed by atoms with Crippen LogP contribution < -0.4 is 4.74 Å². The van der Waals surface area contributed by atoms with Gasteiger partial charge >= 0.3 is 0 Å². The van der Waals surface area contributed by atoms with Gasteiger partial charge in [-0.05, 0) is 44.8 Å². The maximum atomic E-state index is 12.7. The number of likely N-dealkylation sites (N-methyl/N-ethyl adjacent to an activating group) is 2. The van der Waals surface area contributed by atoms with E-state index in [-0.39, 0.29) is 11.8 Å². The van der Waals surface area contributed by atoms with Gasteiger partial charge in [-0.25, -0.2) is 0 Å². The highest BCUT2D eigenvalue weighted by molar-refractivity contribution is 6.01. The Labute approximate surface area is 115 Å². The Morgan fingerprint density at radius 2 is 2.05 bits per heavy atom. The van der Waals surface area contributed by atoms with E-state index in [9.17, 15) is 4.79 Å². The molecule has 0 amide bonds. The molecule has 0 bridgehead atoms. The topological polar surface area (TPSA) is 32.8 Å². The van der Waals surface area contributed by atoms with E-state index in [1.54, 1.807) is 7.11 Å². The summed E-state index contributed by atoms with van der Waals surface area (Å²) in [5, 5.41) is 0. The van der Waals surface area contributed by atoms with Crippen molar-refractivity contribution >= 4 is 5.78 Å². The maximum absolute atomic E-state index is 12.7. The molecule has 0 radical (unpaired) electrons. The molecule has 1 aliphatic heterocycles. The molecule has 104 valence electrons. The number of Topliss-reactive ketones (excluding diaryl/α,β-unsaturated/α-hetero) is 1. The molecule has 0 N–H and O–H groups in total. The van der Waals surface area contributed by atoms with Crippen LogP contribution in [0.25, 0.3) is 0 Å². The number of carbonyl (C=O) groups is 1. The Kier molecular flexibility index (Phi) is 4.22. The lowest BCUT2D eigenvalue weighted by Crippen LogP contribution is -2.53.